The Bertz CT molecular complexity index is 561. The summed E-state index contributed by atoms with van der Waals surface area (Å²) < 4.78 is 5.40. The summed E-state index contributed by atoms with van der Waals surface area (Å²) in [5, 5.41) is 12.5. The molecule has 20 heavy (non-hydrogen) atoms. The first kappa shape index (κ1) is 12.8. The smallest absolute Gasteiger partial charge is 0.254 e. The molecule has 7 nitrogen and oxygen atoms in total. The number of carbonyl (C=O) groups excluding carboxylic acids is 1. The van der Waals surface area contributed by atoms with E-state index in [1.165, 1.54) is 6.33 Å². The number of aromatic nitrogens is 3. The predicted octanol–water partition coefficient (Wildman–Crippen LogP) is 0.399. The van der Waals surface area contributed by atoms with Gasteiger partial charge in [-0.25, -0.2) is 4.98 Å². The SMILES string of the molecule is O=C(Nc1ccc(-c2ncn[nH]2)cc1)C1CNCCO1. The van der Waals surface area contributed by atoms with Crippen molar-refractivity contribution in [2.24, 2.45) is 0 Å². The number of ether oxygens (including phenoxy) is 1. The Labute approximate surface area is 115 Å². The van der Waals surface area contributed by atoms with Crippen LogP contribution in [0, 0.1) is 0 Å². The minimum atomic E-state index is -0.433. The van der Waals surface area contributed by atoms with Crippen molar-refractivity contribution in [3.8, 4) is 11.4 Å². The molecule has 1 aromatic carbocycles. The number of H-pyrrole nitrogens is 1. The van der Waals surface area contributed by atoms with Crippen molar-refractivity contribution in [3.63, 3.8) is 0 Å². The van der Waals surface area contributed by atoms with Crippen LogP contribution in [-0.2, 0) is 9.53 Å². The van der Waals surface area contributed by atoms with E-state index in [1.807, 2.05) is 24.3 Å². The second-order valence-electron chi connectivity index (χ2n) is 4.46. The molecule has 1 atom stereocenters. The Balaban J connectivity index is 1.64. The summed E-state index contributed by atoms with van der Waals surface area (Å²) in [7, 11) is 0. The molecule has 1 fully saturated rings. The molecule has 0 spiro atoms. The lowest BCUT2D eigenvalue weighted by Gasteiger charge is -2.22. The van der Waals surface area contributed by atoms with Crippen LogP contribution in [0.25, 0.3) is 11.4 Å². The second-order valence-corrected chi connectivity index (χ2v) is 4.46. The van der Waals surface area contributed by atoms with E-state index in [4.69, 9.17) is 4.74 Å². The molecule has 0 radical (unpaired) electrons. The maximum Gasteiger partial charge on any atom is 0.254 e. The predicted molar refractivity (Wildman–Crippen MR) is 73.1 cm³/mol. The van der Waals surface area contributed by atoms with E-state index < -0.39 is 6.10 Å². The van der Waals surface area contributed by atoms with E-state index in [1.54, 1.807) is 0 Å². The number of rotatable bonds is 3. The monoisotopic (exact) mass is 273 g/mol. The summed E-state index contributed by atoms with van der Waals surface area (Å²) in [5.74, 6) is 0.562. The van der Waals surface area contributed by atoms with Crippen LogP contribution in [0.4, 0.5) is 5.69 Å². The van der Waals surface area contributed by atoms with E-state index in [0.29, 0.717) is 19.0 Å². The number of morpholine rings is 1. The molecule has 3 N–H and O–H groups in total. The molecule has 1 aliphatic heterocycles. The van der Waals surface area contributed by atoms with Crippen molar-refractivity contribution in [2.45, 2.75) is 6.10 Å². The number of aromatic amines is 1. The number of hydrogen-bond acceptors (Lipinski definition) is 5. The molecule has 1 aliphatic rings. The van der Waals surface area contributed by atoms with Gasteiger partial charge in [0.15, 0.2) is 5.82 Å². The Morgan fingerprint density at radius 3 is 2.85 bits per heavy atom. The highest BCUT2D eigenvalue weighted by Gasteiger charge is 2.21. The summed E-state index contributed by atoms with van der Waals surface area (Å²) >= 11 is 0. The number of nitrogens with zero attached hydrogens (tertiary/aromatic N) is 2. The van der Waals surface area contributed by atoms with E-state index in [0.717, 1.165) is 17.8 Å². The highest BCUT2D eigenvalue weighted by Crippen LogP contribution is 2.17. The van der Waals surface area contributed by atoms with Crippen molar-refractivity contribution in [1.82, 2.24) is 20.5 Å². The van der Waals surface area contributed by atoms with Crippen molar-refractivity contribution in [2.75, 3.05) is 25.0 Å². The van der Waals surface area contributed by atoms with Crippen LogP contribution in [0.15, 0.2) is 30.6 Å². The number of hydrogen-bond donors (Lipinski definition) is 3. The summed E-state index contributed by atoms with van der Waals surface area (Å²) in [6, 6.07) is 7.39. The van der Waals surface area contributed by atoms with Crippen LogP contribution in [0.2, 0.25) is 0 Å². The highest BCUT2D eigenvalue weighted by atomic mass is 16.5. The van der Waals surface area contributed by atoms with Gasteiger partial charge >= 0.3 is 0 Å². The summed E-state index contributed by atoms with van der Waals surface area (Å²) in [4.78, 5) is 16.0. The molecule has 1 saturated heterocycles. The topological polar surface area (TPSA) is 91.9 Å². The van der Waals surface area contributed by atoms with Crippen LogP contribution in [0.1, 0.15) is 0 Å². The molecule has 0 saturated carbocycles. The minimum Gasteiger partial charge on any atom is -0.366 e. The van der Waals surface area contributed by atoms with Crippen LogP contribution in [0.5, 0.6) is 0 Å². The van der Waals surface area contributed by atoms with E-state index in [-0.39, 0.29) is 5.91 Å². The molecule has 2 heterocycles. The number of benzene rings is 1. The van der Waals surface area contributed by atoms with Gasteiger partial charge in [0.05, 0.1) is 6.61 Å². The van der Waals surface area contributed by atoms with Crippen molar-refractivity contribution in [3.05, 3.63) is 30.6 Å². The van der Waals surface area contributed by atoms with Crippen LogP contribution >= 0.6 is 0 Å². The maximum atomic E-state index is 12.0. The van der Waals surface area contributed by atoms with Gasteiger partial charge in [0, 0.05) is 24.3 Å². The van der Waals surface area contributed by atoms with E-state index >= 15 is 0 Å². The van der Waals surface area contributed by atoms with Gasteiger partial charge in [-0.2, -0.15) is 5.10 Å². The molecule has 2 aromatic rings. The van der Waals surface area contributed by atoms with Gasteiger partial charge < -0.3 is 15.4 Å². The molecule has 7 heteroatoms. The molecule has 0 aliphatic carbocycles. The van der Waals surface area contributed by atoms with Gasteiger partial charge in [-0.05, 0) is 24.3 Å². The normalized spacial score (nSPS) is 18.7. The van der Waals surface area contributed by atoms with Crippen molar-refractivity contribution in [1.29, 1.82) is 0 Å². The number of amides is 1. The van der Waals surface area contributed by atoms with E-state index in [2.05, 4.69) is 25.8 Å². The third-order valence-electron chi connectivity index (χ3n) is 3.06. The Morgan fingerprint density at radius 1 is 1.35 bits per heavy atom. The zero-order valence-electron chi connectivity index (χ0n) is 10.8. The van der Waals surface area contributed by atoms with Crippen LogP contribution < -0.4 is 10.6 Å². The van der Waals surface area contributed by atoms with Gasteiger partial charge in [0.1, 0.15) is 12.4 Å². The van der Waals surface area contributed by atoms with Crippen LogP contribution in [-0.4, -0.2) is 46.9 Å². The first-order valence-electron chi connectivity index (χ1n) is 6.42. The second kappa shape index (κ2) is 5.81. The number of carbonyl (C=O) groups is 1. The fourth-order valence-electron chi connectivity index (χ4n) is 2.01. The lowest BCUT2D eigenvalue weighted by atomic mass is 10.2. The summed E-state index contributed by atoms with van der Waals surface area (Å²) in [6.07, 6.45) is 1.02. The zero-order chi connectivity index (χ0) is 13.8. The Morgan fingerprint density at radius 2 is 2.20 bits per heavy atom. The first-order chi connectivity index (χ1) is 9.83. The van der Waals surface area contributed by atoms with Crippen molar-refractivity contribution >= 4 is 11.6 Å². The summed E-state index contributed by atoms with van der Waals surface area (Å²) in [5.41, 5.74) is 1.64. The van der Waals surface area contributed by atoms with Gasteiger partial charge in [-0.15, -0.1) is 0 Å². The van der Waals surface area contributed by atoms with E-state index in [9.17, 15) is 4.79 Å². The molecule has 1 aromatic heterocycles. The van der Waals surface area contributed by atoms with Gasteiger partial charge in [-0.1, -0.05) is 0 Å². The average Bonchev–Trinajstić information content (AvgIpc) is 3.03. The van der Waals surface area contributed by atoms with Gasteiger partial charge in [-0.3, -0.25) is 9.89 Å². The molecule has 3 rings (SSSR count). The third kappa shape index (κ3) is 2.84. The molecular formula is C13H15N5O2. The largest absolute Gasteiger partial charge is 0.366 e. The molecule has 104 valence electrons. The number of nitrogens with one attached hydrogen (secondary N) is 3. The zero-order valence-corrected chi connectivity index (χ0v) is 10.8. The van der Waals surface area contributed by atoms with Crippen molar-refractivity contribution < 1.29 is 9.53 Å². The van der Waals surface area contributed by atoms with Gasteiger partial charge in [0.2, 0.25) is 0 Å². The average molecular weight is 273 g/mol. The fraction of sp³-hybridized carbons (Fsp3) is 0.308. The first-order valence-corrected chi connectivity index (χ1v) is 6.42. The summed E-state index contributed by atoms with van der Waals surface area (Å²) in [6.45, 7) is 1.89. The molecule has 1 amide bonds. The Kier molecular flexibility index (Phi) is 3.71. The molecular weight excluding hydrogens is 258 g/mol. The third-order valence-corrected chi connectivity index (χ3v) is 3.06. The minimum absolute atomic E-state index is 0.135. The molecule has 0 bridgehead atoms. The Hall–Kier alpha value is -2.25. The molecule has 1 unspecified atom stereocenters. The lowest BCUT2D eigenvalue weighted by Crippen LogP contribution is -2.45. The lowest BCUT2D eigenvalue weighted by molar-refractivity contribution is -0.128. The highest BCUT2D eigenvalue weighted by molar-refractivity contribution is 5.94. The maximum absolute atomic E-state index is 12.0. The van der Waals surface area contributed by atoms with Gasteiger partial charge in [0.25, 0.3) is 5.91 Å². The quantitative estimate of drug-likeness (QED) is 0.753. The number of anilines is 1. The van der Waals surface area contributed by atoms with Crippen LogP contribution in [0.3, 0.4) is 0 Å². The standard InChI is InChI=1S/C13H15N5O2/c19-13(11-7-14-5-6-20-11)17-10-3-1-9(2-4-10)12-15-8-16-18-12/h1-4,8,11,14H,5-7H2,(H,17,19)(H,15,16,18). The fourth-order valence-corrected chi connectivity index (χ4v) is 2.01.